The van der Waals surface area contributed by atoms with Crippen molar-refractivity contribution >= 4 is 29.1 Å². The van der Waals surface area contributed by atoms with Crippen LogP contribution < -0.4 is 11.1 Å². The van der Waals surface area contributed by atoms with E-state index in [1.54, 1.807) is 6.92 Å². The predicted molar refractivity (Wildman–Crippen MR) is 79.9 cm³/mol. The number of carbonyl (C=O) groups is 1. The van der Waals surface area contributed by atoms with Crippen molar-refractivity contribution in [1.29, 1.82) is 0 Å². The highest BCUT2D eigenvalue weighted by atomic mass is 35.5. The van der Waals surface area contributed by atoms with E-state index in [0.717, 1.165) is 0 Å². The smallest absolute Gasteiger partial charge is 0.240 e. The van der Waals surface area contributed by atoms with E-state index in [9.17, 15) is 9.18 Å². The lowest BCUT2D eigenvalue weighted by atomic mass is 9.90. The molecule has 4 nitrogen and oxygen atoms in total. The minimum atomic E-state index is -0.973. The van der Waals surface area contributed by atoms with Crippen molar-refractivity contribution in [2.24, 2.45) is 5.73 Å². The summed E-state index contributed by atoms with van der Waals surface area (Å²) in [6.45, 7) is 2.58. The molecule has 1 aromatic rings. The Labute approximate surface area is 132 Å². The van der Waals surface area contributed by atoms with E-state index in [1.807, 2.05) is 0 Å². The van der Waals surface area contributed by atoms with Crippen LogP contribution in [0.25, 0.3) is 0 Å². The number of benzene rings is 1. The normalized spacial score (nSPS) is 19.1. The van der Waals surface area contributed by atoms with Crippen LogP contribution in [0.1, 0.15) is 31.4 Å². The van der Waals surface area contributed by atoms with Crippen LogP contribution in [-0.4, -0.2) is 24.7 Å². The molecule has 2 rings (SSSR count). The molecule has 0 radical (unpaired) electrons. The van der Waals surface area contributed by atoms with Crippen molar-refractivity contribution in [2.75, 3.05) is 13.2 Å². The van der Waals surface area contributed by atoms with Gasteiger partial charge in [0.05, 0.1) is 16.6 Å². The van der Waals surface area contributed by atoms with Gasteiger partial charge in [-0.25, -0.2) is 4.39 Å². The fourth-order valence-corrected chi connectivity index (χ4v) is 3.01. The molecule has 0 saturated carbocycles. The summed E-state index contributed by atoms with van der Waals surface area (Å²) in [5.41, 5.74) is 5.48. The fourth-order valence-electron chi connectivity index (χ4n) is 2.31. The standard InChI is InChI=1S/C14H17Cl2FN2O2/c1-8(11-9(15)2-3-10(17)12(11)16)19-13(20)14(18)4-6-21-7-5-14/h2-3,8H,4-7,18H2,1H3,(H,19,20). The lowest BCUT2D eigenvalue weighted by molar-refractivity contribution is -0.130. The molecule has 1 aliphatic heterocycles. The minimum Gasteiger partial charge on any atom is -0.381 e. The molecule has 1 heterocycles. The van der Waals surface area contributed by atoms with Crippen LogP contribution in [0.15, 0.2) is 12.1 Å². The van der Waals surface area contributed by atoms with Gasteiger partial charge in [-0.15, -0.1) is 0 Å². The predicted octanol–water partition coefficient (Wildman–Crippen LogP) is 2.82. The first-order chi connectivity index (χ1) is 9.85. The van der Waals surface area contributed by atoms with Crippen LogP contribution in [0.4, 0.5) is 4.39 Å². The average molecular weight is 335 g/mol. The number of hydrogen-bond donors (Lipinski definition) is 2. The fraction of sp³-hybridized carbons (Fsp3) is 0.500. The molecule has 7 heteroatoms. The molecule has 0 aliphatic carbocycles. The van der Waals surface area contributed by atoms with E-state index >= 15 is 0 Å². The quantitative estimate of drug-likeness (QED) is 0.835. The Kier molecular flexibility index (Phi) is 5.09. The number of carbonyl (C=O) groups excluding carboxylic acids is 1. The monoisotopic (exact) mass is 334 g/mol. The summed E-state index contributed by atoms with van der Waals surface area (Å²) in [7, 11) is 0. The van der Waals surface area contributed by atoms with Gasteiger partial charge in [0.25, 0.3) is 0 Å². The average Bonchev–Trinajstić information content (AvgIpc) is 2.44. The number of amides is 1. The third-order valence-corrected chi connectivity index (χ3v) is 4.41. The topological polar surface area (TPSA) is 64.4 Å². The number of ether oxygens (including phenoxy) is 1. The van der Waals surface area contributed by atoms with Crippen LogP contribution in [-0.2, 0) is 9.53 Å². The zero-order valence-corrected chi connectivity index (χ0v) is 13.1. The molecule has 1 amide bonds. The van der Waals surface area contributed by atoms with Gasteiger partial charge < -0.3 is 15.8 Å². The van der Waals surface area contributed by atoms with Gasteiger partial charge >= 0.3 is 0 Å². The van der Waals surface area contributed by atoms with Gasteiger partial charge in [0, 0.05) is 23.8 Å². The highest BCUT2D eigenvalue weighted by molar-refractivity contribution is 6.36. The summed E-state index contributed by atoms with van der Waals surface area (Å²) in [5.74, 6) is -0.889. The molecule has 21 heavy (non-hydrogen) atoms. The molecule has 1 saturated heterocycles. The van der Waals surface area contributed by atoms with Crippen LogP contribution in [0.2, 0.25) is 10.0 Å². The van der Waals surface area contributed by atoms with Crippen LogP contribution in [0.3, 0.4) is 0 Å². The van der Waals surface area contributed by atoms with Gasteiger partial charge in [0.15, 0.2) is 0 Å². The number of nitrogens with two attached hydrogens (primary N) is 1. The SMILES string of the molecule is CC(NC(=O)C1(N)CCOCC1)c1c(Cl)ccc(F)c1Cl. The maximum Gasteiger partial charge on any atom is 0.240 e. The first-order valence-electron chi connectivity index (χ1n) is 6.66. The van der Waals surface area contributed by atoms with Crippen molar-refractivity contribution in [3.05, 3.63) is 33.6 Å². The third-order valence-electron chi connectivity index (χ3n) is 3.70. The Balaban J connectivity index is 2.16. The highest BCUT2D eigenvalue weighted by Gasteiger charge is 2.36. The van der Waals surface area contributed by atoms with Crippen LogP contribution in [0, 0.1) is 5.82 Å². The van der Waals surface area contributed by atoms with Crippen molar-refractivity contribution in [3.8, 4) is 0 Å². The van der Waals surface area contributed by atoms with Gasteiger partial charge in [-0.1, -0.05) is 23.2 Å². The van der Waals surface area contributed by atoms with Gasteiger partial charge in [0.1, 0.15) is 5.82 Å². The van der Waals surface area contributed by atoms with E-state index in [2.05, 4.69) is 5.32 Å². The molecule has 1 unspecified atom stereocenters. The molecule has 0 aromatic heterocycles. The number of rotatable bonds is 3. The Hall–Kier alpha value is -0.880. The van der Waals surface area contributed by atoms with E-state index in [4.69, 9.17) is 33.7 Å². The van der Waals surface area contributed by atoms with Gasteiger partial charge in [-0.3, -0.25) is 4.79 Å². The summed E-state index contributed by atoms with van der Waals surface area (Å²) in [6.07, 6.45) is 0.881. The molecule has 1 aliphatic rings. The van der Waals surface area contributed by atoms with Crippen molar-refractivity contribution in [3.63, 3.8) is 0 Å². The van der Waals surface area contributed by atoms with E-state index in [1.165, 1.54) is 12.1 Å². The zero-order valence-electron chi connectivity index (χ0n) is 11.6. The lowest BCUT2D eigenvalue weighted by Gasteiger charge is -2.33. The van der Waals surface area contributed by atoms with Crippen molar-refractivity contribution in [1.82, 2.24) is 5.32 Å². The van der Waals surface area contributed by atoms with Gasteiger partial charge in [-0.05, 0) is 31.9 Å². The summed E-state index contributed by atoms with van der Waals surface area (Å²) in [4.78, 5) is 12.3. The molecular weight excluding hydrogens is 318 g/mol. The maximum absolute atomic E-state index is 13.5. The molecule has 1 aromatic carbocycles. The van der Waals surface area contributed by atoms with Crippen molar-refractivity contribution < 1.29 is 13.9 Å². The summed E-state index contributed by atoms with van der Waals surface area (Å²) in [6, 6.07) is 2.05. The van der Waals surface area contributed by atoms with E-state index < -0.39 is 17.4 Å². The summed E-state index contributed by atoms with van der Waals surface area (Å²) in [5, 5.41) is 2.97. The largest absolute Gasteiger partial charge is 0.381 e. The Morgan fingerprint density at radius 3 is 2.67 bits per heavy atom. The summed E-state index contributed by atoms with van der Waals surface area (Å²) >= 11 is 12.0. The van der Waals surface area contributed by atoms with Gasteiger partial charge in [-0.2, -0.15) is 0 Å². The Morgan fingerprint density at radius 2 is 2.05 bits per heavy atom. The molecule has 0 bridgehead atoms. The van der Waals surface area contributed by atoms with Gasteiger partial charge in [0.2, 0.25) is 5.91 Å². The van der Waals surface area contributed by atoms with Crippen molar-refractivity contribution in [2.45, 2.75) is 31.3 Å². The summed E-state index contributed by atoms with van der Waals surface area (Å²) < 4.78 is 18.7. The lowest BCUT2D eigenvalue weighted by Crippen LogP contribution is -2.57. The zero-order chi connectivity index (χ0) is 15.6. The molecule has 0 spiro atoms. The van der Waals surface area contributed by atoms with E-state index in [0.29, 0.717) is 36.6 Å². The molecule has 1 atom stereocenters. The van der Waals surface area contributed by atoms with Crippen LogP contribution in [0.5, 0.6) is 0 Å². The minimum absolute atomic E-state index is 0.0895. The second-order valence-corrected chi connectivity index (χ2v) is 6.01. The Bertz CT molecular complexity index is 548. The highest BCUT2D eigenvalue weighted by Crippen LogP contribution is 2.32. The number of hydrogen-bond acceptors (Lipinski definition) is 3. The molecule has 1 fully saturated rings. The second-order valence-electron chi connectivity index (χ2n) is 5.22. The maximum atomic E-state index is 13.5. The molecular formula is C14H17Cl2FN2O2. The first kappa shape index (κ1) is 16.5. The molecule has 116 valence electrons. The Morgan fingerprint density at radius 1 is 1.43 bits per heavy atom. The number of nitrogens with one attached hydrogen (secondary N) is 1. The first-order valence-corrected chi connectivity index (χ1v) is 7.42. The third kappa shape index (κ3) is 3.48. The second kappa shape index (κ2) is 6.48. The number of halogens is 3. The van der Waals surface area contributed by atoms with Crippen LogP contribution >= 0.6 is 23.2 Å². The molecule has 3 N–H and O–H groups in total. The van der Waals surface area contributed by atoms with E-state index in [-0.39, 0.29) is 10.9 Å².